The van der Waals surface area contributed by atoms with Gasteiger partial charge in [0, 0.05) is 0 Å². The lowest BCUT2D eigenvalue weighted by Gasteiger charge is -2.00. The minimum atomic E-state index is 0.812. The molecule has 0 bridgehead atoms. The van der Waals surface area contributed by atoms with Crippen LogP contribution in [0.1, 0.15) is 0 Å². The molecule has 1 heterocycles. The van der Waals surface area contributed by atoms with Crippen LogP contribution in [0.5, 0.6) is 0 Å². The summed E-state index contributed by atoms with van der Waals surface area (Å²) in [5, 5.41) is 1.98. The predicted octanol–water partition coefficient (Wildman–Crippen LogP) is 0.271. The van der Waals surface area contributed by atoms with E-state index in [0.29, 0.717) is 0 Å². The molecule has 0 saturated carbocycles. The topological polar surface area (TPSA) is 26.1 Å². The van der Waals surface area contributed by atoms with E-state index >= 15 is 0 Å². The van der Waals surface area contributed by atoms with Gasteiger partial charge in [-0.2, -0.15) is 4.83 Å². The molecular formula is C3H5N2S. The molecule has 0 spiro atoms. The normalized spacial score (nSPS) is 21.3. The average Bonchev–Trinajstić information content (AvgIpc) is 1.72. The van der Waals surface area contributed by atoms with Gasteiger partial charge in [0.1, 0.15) is 0 Å². The number of nitrogens with zero attached hydrogens (tertiary/aromatic N) is 1. The molecule has 33 valence electrons. The second-order valence-corrected chi connectivity index (χ2v) is 1.61. The fourth-order valence-corrected chi connectivity index (χ4v) is 0.641. The molecule has 2 nitrogen and oxygen atoms in total. The van der Waals surface area contributed by atoms with Gasteiger partial charge in [0.2, 0.25) is 0 Å². The average molecular weight is 101 g/mol. The van der Waals surface area contributed by atoms with E-state index in [0.717, 1.165) is 6.54 Å². The third-order valence-electron chi connectivity index (χ3n) is 0.478. The molecule has 1 radical (unpaired) electrons. The Morgan fingerprint density at radius 3 is 3.00 bits per heavy atom. The molecule has 1 aliphatic rings. The van der Waals surface area contributed by atoms with Crippen LogP contribution in [0.3, 0.4) is 0 Å². The first kappa shape index (κ1) is 4.18. The van der Waals surface area contributed by atoms with Gasteiger partial charge in [-0.1, -0.05) is 6.08 Å². The molecule has 0 amide bonds. The summed E-state index contributed by atoms with van der Waals surface area (Å²) in [6.45, 7) is 0.812. The summed E-state index contributed by atoms with van der Waals surface area (Å²) in [7, 11) is 0. The molecule has 0 aliphatic carbocycles. The maximum absolute atomic E-state index is 3.80. The summed E-state index contributed by atoms with van der Waals surface area (Å²) in [5.41, 5.74) is 3.80. The van der Waals surface area contributed by atoms with Gasteiger partial charge in [0.05, 0.1) is 6.54 Å². The first-order valence-electron chi connectivity index (χ1n) is 1.72. The van der Waals surface area contributed by atoms with E-state index in [2.05, 4.69) is 10.3 Å². The number of hydrogen-bond donors (Lipinski definition) is 1. The van der Waals surface area contributed by atoms with Crippen LogP contribution in [0.4, 0.5) is 0 Å². The maximum atomic E-state index is 3.80. The monoisotopic (exact) mass is 101 g/mol. The SMILES string of the molecule is C1=CSN[N]C1. The van der Waals surface area contributed by atoms with E-state index in [1.807, 2.05) is 11.5 Å². The van der Waals surface area contributed by atoms with Crippen LogP contribution >= 0.6 is 11.9 Å². The molecule has 1 N–H and O–H groups in total. The quantitative estimate of drug-likeness (QED) is 0.443. The summed E-state index contributed by atoms with van der Waals surface area (Å²) in [6.07, 6.45) is 2.00. The van der Waals surface area contributed by atoms with Crippen molar-refractivity contribution >= 4 is 11.9 Å². The van der Waals surface area contributed by atoms with Crippen molar-refractivity contribution in [1.82, 2.24) is 10.3 Å². The minimum absolute atomic E-state index is 0.812. The fourth-order valence-electron chi connectivity index (χ4n) is 0.249. The molecule has 0 aromatic rings. The summed E-state index contributed by atoms with van der Waals surface area (Å²) in [6, 6.07) is 0. The molecule has 0 aromatic heterocycles. The van der Waals surface area contributed by atoms with Crippen LogP contribution in [0, 0.1) is 0 Å². The molecule has 3 heteroatoms. The maximum Gasteiger partial charge on any atom is 0.0503 e. The van der Waals surface area contributed by atoms with Gasteiger partial charge in [-0.15, -0.1) is 5.43 Å². The summed E-state index contributed by atoms with van der Waals surface area (Å²) >= 11 is 1.50. The van der Waals surface area contributed by atoms with Crippen LogP contribution < -0.4 is 10.3 Å². The standard InChI is InChI=1S/C3H5N2S/c1-2-4-5-6-3-1/h1,3,5H,2H2. The third kappa shape index (κ3) is 1.01. The smallest absolute Gasteiger partial charge is 0.0503 e. The molecule has 0 unspecified atom stereocenters. The Morgan fingerprint density at radius 2 is 2.83 bits per heavy atom. The van der Waals surface area contributed by atoms with E-state index < -0.39 is 0 Å². The highest BCUT2D eigenvalue weighted by Crippen LogP contribution is 1.95. The molecule has 1 aliphatic heterocycles. The van der Waals surface area contributed by atoms with Crippen LogP contribution in [0.2, 0.25) is 0 Å². The Kier molecular flexibility index (Phi) is 1.55. The number of rotatable bonds is 0. The lowest BCUT2D eigenvalue weighted by atomic mass is 10.7. The second-order valence-electron chi connectivity index (χ2n) is 0.922. The first-order valence-corrected chi connectivity index (χ1v) is 2.60. The van der Waals surface area contributed by atoms with Crippen LogP contribution in [0.15, 0.2) is 11.5 Å². The van der Waals surface area contributed by atoms with E-state index in [9.17, 15) is 0 Å². The van der Waals surface area contributed by atoms with Gasteiger partial charge in [-0.05, 0) is 17.4 Å². The number of nitrogens with one attached hydrogen (secondary N) is 1. The van der Waals surface area contributed by atoms with Gasteiger partial charge in [0.15, 0.2) is 0 Å². The van der Waals surface area contributed by atoms with Crippen molar-refractivity contribution in [1.29, 1.82) is 0 Å². The Hall–Kier alpha value is 0.01000. The Morgan fingerprint density at radius 1 is 1.83 bits per heavy atom. The van der Waals surface area contributed by atoms with Gasteiger partial charge >= 0.3 is 0 Å². The lowest BCUT2D eigenvalue weighted by Crippen LogP contribution is -2.18. The third-order valence-corrected chi connectivity index (χ3v) is 1.04. The molecule has 0 saturated heterocycles. The molecule has 6 heavy (non-hydrogen) atoms. The van der Waals surface area contributed by atoms with Gasteiger partial charge in [-0.25, -0.2) is 0 Å². The molecule has 1 rings (SSSR count). The molecule has 0 aromatic carbocycles. The first-order chi connectivity index (χ1) is 3.00. The van der Waals surface area contributed by atoms with Crippen molar-refractivity contribution in [3.63, 3.8) is 0 Å². The van der Waals surface area contributed by atoms with Gasteiger partial charge < -0.3 is 0 Å². The lowest BCUT2D eigenvalue weighted by molar-refractivity contribution is 0.732. The van der Waals surface area contributed by atoms with E-state index in [-0.39, 0.29) is 0 Å². The molecular weight excluding hydrogens is 96.1 g/mol. The molecule has 0 fully saturated rings. The molecule has 0 atom stereocenters. The van der Waals surface area contributed by atoms with Crippen LogP contribution in [-0.4, -0.2) is 6.54 Å². The Balaban J connectivity index is 2.26. The van der Waals surface area contributed by atoms with Crippen molar-refractivity contribution in [3.05, 3.63) is 11.5 Å². The highest BCUT2D eigenvalue weighted by atomic mass is 32.2. The van der Waals surface area contributed by atoms with Crippen LogP contribution in [-0.2, 0) is 0 Å². The minimum Gasteiger partial charge on any atom is -0.179 e. The van der Waals surface area contributed by atoms with Crippen molar-refractivity contribution in [2.45, 2.75) is 0 Å². The van der Waals surface area contributed by atoms with Crippen molar-refractivity contribution in [2.24, 2.45) is 0 Å². The van der Waals surface area contributed by atoms with Crippen molar-refractivity contribution in [3.8, 4) is 0 Å². The van der Waals surface area contributed by atoms with E-state index in [4.69, 9.17) is 0 Å². The Labute approximate surface area is 41.1 Å². The summed E-state index contributed by atoms with van der Waals surface area (Å²) in [5.74, 6) is 0. The van der Waals surface area contributed by atoms with Crippen LogP contribution in [0.25, 0.3) is 0 Å². The fraction of sp³-hybridized carbons (Fsp3) is 0.333. The zero-order valence-corrected chi connectivity index (χ0v) is 4.03. The van der Waals surface area contributed by atoms with E-state index in [1.54, 1.807) is 0 Å². The summed E-state index contributed by atoms with van der Waals surface area (Å²) < 4.78 is 0. The van der Waals surface area contributed by atoms with Gasteiger partial charge in [-0.3, -0.25) is 0 Å². The highest BCUT2D eigenvalue weighted by Gasteiger charge is 1.85. The zero-order chi connectivity index (χ0) is 4.24. The highest BCUT2D eigenvalue weighted by molar-refractivity contribution is 8.00. The van der Waals surface area contributed by atoms with Gasteiger partial charge in [0.25, 0.3) is 0 Å². The largest absolute Gasteiger partial charge is 0.179 e. The van der Waals surface area contributed by atoms with Crippen molar-refractivity contribution in [2.75, 3.05) is 6.54 Å². The summed E-state index contributed by atoms with van der Waals surface area (Å²) in [4.78, 5) is 2.74. The van der Waals surface area contributed by atoms with E-state index in [1.165, 1.54) is 11.9 Å². The number of hydrogen-bond acceptors (Lipinski definition) is 2. The predicted molar refractivity (Wildman–Crippen MR) is 26.9 cm³/mol. The Bertz CT molecular complexity index is 53.8. The van der Waals surface area contributed by atoms with Crippen molar-refractivity contribution < 1.29 is 0 Å². The zero-order valence-electron chi connectivity index (χ0n) is 3.22. The second kappa shape index (κ2) is 2.23.